The van der Waals surface area contributed by atoms with Gasteiger partial charge in [-0.25, -0.2) is 4.79 Å². The summed E-state index contributed by atoms with van der Waals surface area (Å²) >= 11 is 0. The molecule has 28 heavy (non-hydrogen) atoms. The average Bonchev–Trinajstić information content (AvgIpc) is 2.67. The van der Waals surface area contributed by atoms with E-state index in [0.717, 1.165) is 0 Å². The highest BCUT2D eigenvalue weighted by molar-refractivity contribution is 5.88. The molecule has 0 saturated carbocycles. The number of fused-ring (bicyclic) bond motifs is 1. The summed E-state index contributed by atoms with van der Waals surface area (Å²) < 4.78 is 26.8. The van der Waals surface area contributed by atoms with Crippen LogP contribution in [-0.2, 0) is 28.5 Å². The number of ether oxygens (including phenoxy) is 5. The van der Waals surface area contributed by atoms with Crippen LogP contribution >= 0.6 is 0 Å². The van der Waals surface area contributed by atoms with Crippen LogP contribution < -0.4 is 0 Å². The molecular weight excluding hydrogens is 380 g/mol. The van der Waals surface area contributed by atoms with Crippen LogP contribution in [0.15, 0.2) is 11.8 Å². The van der Waals surface area contributed by atoms with E-state index < -0.39 is 73.8 Å². The van der Waals surface area contributed by atoms with Gasteiger partial charge in [-0.2, -0.15) is 0 Å². The zero-order valence-electron chi connectivity index (χ0n) is 15.5. The standard InChI is InChI=1S/C17H26O11/c1-6-11-7(3-10(19)26-6)8(15(23)24-2)5-25-16(11)28-17-14(22)13(21)12(20)9(4-18)27-17/h5-7,9-14,16-22H,3-4H2,1-2H3/t6-,7?,9+,10-,11?,12+,13-,14+,16-,17-/m0/s1. The lowest BCUT2D eigenvalue weighted by molar-refractivity contribution is -0.352. The Hall–Kier alpha value is -1.31. The molecule has 0 bridgehead atoms. The Morgan fingerprint density at radius 3 is 2.50 bits per heavy atom. The molecule has 0 spiro atoms. The Balaban J connectivity index is 1.81. The Morgan fingerprint density at radius 1 is 1.14 bits per heavy atom. The summed E-state index contributed by atoms with van der Waals surface area (Å²) in [7, 11) is 1.23. The van der Waals surface area contributed by atoms with Crippen molar-refractivity contribution in [2.45, 2.75) is 62.7 Å². The third kappa shape index (κ3) is 3.89. The normalized spacial score (nSPS) is 46.2. The van der Waals surface area contributed by atoms with Gasteiger partial charge in [0.2, 0.25) is 6.29 Å². The minimum absolute atomic E-state index is 0.105. The van der Waals surface area contributed by atoms with Crippen LogP contribution in [0.3, 0.4) is 0 Å². The largest absolute Gasteiger partial charge is 0.471 e. The fourth-order valence-corrected chi connectivity index (χ4v) is 3.91. The van der Waals surface area contributed by atoms with Crippen molar-refractivity contribution >= 4 is 5.97 Å². The van der Waals surface area contributed by atoms with Crippen LogP contribution in [0.25, 0.3) is 0 Å². The minimum Gasteiger partial charge on any atom is -0.471 e. The van der Waals surface area contributed by atoms with Gasteiger partial charge in [0.1, 0.15) is 24.4 Å². The molecule has 5 N–H and O–H groups in total. The molecule has 3 aliphatic heterocycles. The number of aliphatic hydroxyl groups excluding tert-OH is 5. The van der Waals surface area contributed by atoms with Crippen molar-refractivity contribution in [1.82, 2.24) is 0 Å². The fourth-order valence-electron chi connectivity index (χ4n) is 3.91. The van der Waals surface area contributed by atoms with Gasteiger partial charge in [-0.1, -0.05) is 0 Å². The Labute approximate surface area is 161 Å². The first-order valence-corrected chi connectivity index (χ1v) is 9.01. The lowest BCUT2D eigenvalue weighted by Gasteiger charge is -2.47. The molecule has 10 atom stereocenters. The Bertz CT molecular complexity index is 594. The third-order valence-corrected chi connectivity index (χ3v) is 5.41. The molecule has 3 heterocycles. The van der Waals surface area contributed by atoms with Gasteiger partial charge in [0.05, 0.1) is 37.6 Å². The predicted octanol–water partition coefficient (Wildman–Crippen LogP) is -2.42. The van der Waals surface area contributed by atoms with E-state index in [1.165, 1.54) is 13.4 Å². The Kier molecular flexibility index (Phi) is 6.57. The molecule has 0 aromatic rings. The first kappa shape index (κ1) is 21.4. The van der Waals surface area contributed by atoms with Crippen molar-refractivity contribution in [3.63, 3.8) is 0 Å². The van der Waals surface area contributed by atoms with Crippen molar-refractivity contribution in [2.75, 3.05) is 13.7 Å². The van der Waals surface area contributed by atoms with E-state index in [4.69, 9.17) is 23.7 Å². The highest BCUT2D eigenvalue weighted by Gasteiger charge is 2.51. The van der Waals surface area contributed by atoms with E-state index >= 15 is 0 Å². The number of carbonyl (C=O) groups excluding carboxylic acids is 1. The van der Waals surface area contributed by atoms with Crippen molar-refractivity contribution in [2.24, 2.45) is 11.8 Å². The predicted molar refractivity (Wildman–Crippen MR) is 88.0 cm³/mol. The third-order valence-electron chi connectivity index (χ3n) is 5.41. The molecule has 0 radical (unpaired) electrons. The van der Waals surface area contributed by atoms with Gasteiger partial charge in [0, 0.05) is 12.3 Å². The zero-order chi connectivity index (χ0) is 20.6. The molecule has 0 aromatic heterocycles. The van der Waals surface area contributed by atoms with E-state index in [0.29, 0.717) is 0 Å². The zero-order valence-corrected chi connectivity index (χ0v) is 15.5. The Morgan fingerprint density at radius 2 is 1.86 bits per heavy atom. The van der Waals surface area contributed by atoms with Crippen LogP contribution in [0.2, 0.25) is 0 Å². The second kappa shape index (κ2) is 8.59. The monoisotopic (exact) mass is 406 g/mol. The number of aliphatic hydroxyl groups is 5. The molecule has 0 amide bonds. The van der Waals surface area contributed by atoms with Gasteiger partial charge in [-0.3, -0.25) is 0 Å². The van der Waals surface area contributed by atoms with Crippen molar-refractivity contribution in [3.05, 3.63) is 11.8 Å². The maximum atomic E-state index is 12.1. The van der Waals surface area contributed by atoms with Gasteiger partial charge in [0.25, 0.3) is 0 Å². The summed E-state index contributed by atoms with van der Waals surface area (Å²) in [4.78, 5) is 12.1. The van der Waals surface area contributed by atoms with Gasteiger partial charge in [-0.15, -0.1) is 0 Å². The molecule has 2 fully saturated rings. The topological polar surface area (TPSA) is 164 Å². The van der Waals surface area contributed by atoms with Crippen LogP contribution in [0.4, 0.5) is 0 Å². The molecule has 0 aliphatic carbocycles. The van der Waals surface area contributed by atoms with Crippen LogP contribution in [0.1, 0.15) is 13.3 Å². The number of carbonyl (C=O) groups is 1. The van der Waals surface area contributed by atoms with Gasteiger partial charge >= 0.3 is 5.97 Å². The summed E-state index contributed by atoms with van der Waals surface area (Å²) in [6.07, 6.45) is -8.71. The smallest absolute Gasteiger partial charge is 0.337 e. The SMILES string of the molecule is COC(=O)C1=CO[C@@H](O[C@@H]2O[C@H](CO)[C@@H](O)[C@H](O)[C@H]2O)C2C1C[C@@H](O)O[C@H]2C. The van der Waals surface area contributed by atoms with Crippen molar-refractivity contribution in [3.8, 4) is 0 Å². The minimum atomic E-state index is -1.60. The maximum Gasteiger partial charge on any atom is 0.337 e. The first-order valence-electron chi connectivity index (χ1n) is 9.01. The number of methoxy groups -OCH3 is 1. The second-order valence-corrected chi connectivity index (χ2v) is 7.12. The van der Waals surface area contributed by atoms with Crippen molar-refractivity contribution < 1.29 is 54.0 Å². The number of esters is 1. The van der Waals surface area contributed by atoms with Gasteiger partial charge in [-0.05, 0) is 6.92 Å². The number of hydrogen-bond acceptors (Lipinski definition) is 11. The first-order chi connectivity index (χ1) is 13.3. The fraction of sp³-hybridized carbons (Fsp3) is 0.824. The van der Waals surface area contributed by atoms with Gasteiger partial charge in [0.15, 0.2) is 12.6 Å². The molecule has 3 aliphatic rings. The molecule has 2 unspecified atom stereocenters. The lowest BCUT2D eigenvalue weighted by Crippen LogP contribution is -2.61. The highest BCUT2D eigenvalue weighted by atomic mass is 16.8. The molecule has 160 valence electrons. The molecule has 11 heteroatoms. The molecule has 11 nitrogen and oxygen atoms in total. The quantitative estimate of drug-likeness (QED) is 0.315. The summed E-state index contributed by atoms with van der Waals surface area (Å²) in [5.41, 5.74) is 0.218. The number of rotatable bonds is 4. The van der Waals surface area contributed by atoms with Crippen LogP contribution in [0, 0.1) is 11.8 Å². The average molecular weight is 406 g/mol. The summed E-state index contributed by atoms with van der Waals surface area (Å²) in [6, 6.07) is 0. The van der Waals surface area contributed by atoms with Crippen LogP contribution in [-0.4, -0.2) is 94.6 Å². The number of hydrogen-bond donors (Lipinski definition) is 5. The van der Waals surface area contributed by atoms with Crippen LogP contribution in [0.5, 0.6) is 0 Å². The summed E-state index contributed by atoms with van der Waals surface area (Å²) in [5.74, 6) is -1.67. The summed E-state index contributed by atoms with van der Waals surface area (Å²) in [6.45, 7) is 1.08. The van der Waals surface area contributed by atoms with E-state index in [1.54, 1.807) is 6.92 Å². The lowest BCUT2D eigenvalue weighted by atomic mass is 9.77. The van der Waals surface area contributed by atoms with E-state index in [9.17, 15) is 30.3 Å². The van der Waals surface area contributed by atoms with Crippen molar-refractivity contribution in [1.29, 1.82) is 0 Å². The molecule has 2 saturated heterocycles. The van der Waals surface area contributed by atoms with Gasteiger partial charge < -0.3 is 49.2 Å². The second-order valence-electron chi connectivity index (χ2n) is 7.12. The van der Waals surface area contributed by atoms with E-state index in [2.05, 4.69) is 0 Å². The van der Waals surface area contributed by atoms with E-state index in [1.807, 2.05) is 0 Å². The molecule has 3 rings (SSSR count). The summed E-state index contributed by atoms with van der Waals surface area (Å²) in [5, 5.41) is 49.2. The molecule has 0 aromatic carbocycles. The molecular formula is C17H26O11. The maximum absolute atomic E-state index is 12.1. The van der Waals surface area contributed by atoms with E-state index in [-0.39, 0.29) is 12.0 Å². The highest BCUT2D eigenvalue weighted by Crippen LogP contribution is 2.42.